The van der Waals surface area contributed by atoms with Crippen molar-refractivity contribution < 1.29 is 27.6 Å². The number of ether oxygens (including phenoxy) is 1. The first kappa shape index (κ1) is 16.9. The summed E-state index contributed by atoms with van der Waals surface area (Å²) < 4.78 is 41.1. The summed E-state index contributed by atoms with van der Waals surface area (Å²) in [5, 5.41) is 18.2. The van der Waals surface area contributed by atoms with Crippen LogP contribution in [0.5, 0.6) is 5.75 Å². The van der Waals surface area contributed by atoms with E-state index in [4.69, 9.17) is 14.8 Å². The quantitative estimate of drug-likeness (QED) is 0.754. The Kier molecular flexibility index (Phi) is 5.18. The van der Waals surface area contributed by atoms with Crippen LogP contribution in [-0.2, 0) is 9.84 Å². The zero-order valence-corrected chi connectivity index (χ0v) is 12.4. The van der Waals surface area contributed by atoms with Gasteiger partial charge < -0.3 is 14.8 Å². The standard InChI is InChI=1S/C12H18BFO5S/c1-12(2,3)20(17,18)7-6-19-11-8-9(14)4-5-10(11)13(15)16/h4-5,8,15-16H,6-7H2,1-3H3. The van der Waals surface area contributed by atoms with Crippen LogP contribution in [0.15, 0.2) is 18.2 Å². The fourth-order valence-corrected chi connectivity index (χ4v) is 2.33. The van der Waals surface area contributed by atoms with E-state index < -0.39 is 27.5 Å². The van der Waals surface area contributed by atoms with Gasteiger partial charge in [-0.2, -0.15) is 0 Å². The van der Waals surface area contributed by atoms with Crippen LogP contribution < -0.4 is 10.2 Å². The smallest absolute Gasteiger partial charge is 0.492 e. The van der Waals surface area contributed by atoms with Crippen molar-refractivity contribution in [2.24, 2.45) is 0 Å². The summed E-state index contributed by atoms with van der Waals surface area (Å²) in [6.07, 6.45) is 0. The zero-order valence-electron chi connectivity index (χ0n) is 11.6. The van der Waals surface area contributed by atoms with Crippen molar-refractivity contribution in [3.63, 3.8) is 0 Å². The van der Waals surface area contributed by atoms with Crippen LogP contribution in [0.25, 0.3) is 0 Å². The molecule has 0 radical (unpaired) electrons. The topological polar surface area (TPSA) is 83.8 Å². The van der Waals surface area contributed by atoms with Gasteiger partial charge >= 0.3 is 7.12 Å². The zero-order chi connectivity index (χ0) is 15.6. The van der Waals surface area contributed by atoms with Crippen molar-refractivity contribution in [3.8, 4) is 5.75 Å². The van der Waals surface area contributed by atoms with Gasteiger partial charge in [-0.05, 0) is 26.8 Å². The van der Waals surface area contributed by atoms with E-state index in [9.17, 15) is 12.8 Å². The molecular weight excluding hydrogens is 286 g/mol. The molecular formula is C12H18BFO5S. The SMILES string of the molecule is CC(C)(C)S(=O)(=O)CCOc1cc(F)ccc1B(O)O. The average Bonchev–Trinajstić information content (AvgIpc) is 2.26. The van der Waals surface area contributed by atoms with E-state index in [0.29, 0.717) is 0 Å². The Balaban J connectivity index is 2.79. The molecule has 1 rings (SSSR count). The van der Waals surface area contributed by atoms with Gasteiger partial charge in [-0.25, -0.2) is 12.8 Å². The van der Waals surface area contributed by atoms with Crippen LogP contribution in [0.3, 0.4) is 0 Å². The van der Waals surface area contributed by atoms with Crippen LogP contribution in [-0.4, -0.2) is 42.7 Å². The fourth-order valence-electron chi connectivity index (χ4n) is 1.41. The Morgan fingerprint density at radius 2 is 1.90 bits per heavy atom. The van der Waals surface area contributed by atoms with E-state index in [2.05, 4.69) is 0 Å². The minimum Gasteiger partial charge on any atom is -0.493 e. The molecule has 0 heterocycles. The van der Waals surface area contributed by atoms with E-state index >= 15 is 0 Å². The lowest BCUT2D eigenvalue weighted by Gasteiger charge is -2.19. The highest BCUT2D eigenvalue weighted by molar-refractivity contribution is 7.92. The highest BCUT2D eigenvalue weighted by atomic mass is 32.2. The third kappa shape index (κ3) is 4.19. The lowest BCUT2D eigenvalue weighted by Crippen LogP contribution is -2.34. The number of rotatable bonds is 5. The number of hydrogen-bond donors (Lipinski definition) is 2. The maximum Gasteiger partial charge on any atom is 0.492 e. The molecule has 0 atom stereocenters. The molecule has 1 aromatic rings. The summed E-state index contributed by atoms with van der Waals surface area (Å²) in [5.74, 6) is -0.930. The molecule has 8 heteroatoms. The molecule has 0 aromatic heterocycles. The molecule has 0 bridgehead atoms. The van der Waals surface area contributed by atoms with Gasteiger partial charge in [0, 0.05) is 11.5 Å². The van der Waals surface area contributed by atoms with Gasteiger partial charge in [0.05, 0.1) is 10.5 Å². The third-order valence-electron chi connectivity index (χ3n) is 2.80. The Labute approximate surface area is 118 Å². The van der Waals surface area contributed by atoms with E-state index in [0.717, 1.165) is 12.1 Å². The van der Waals surface area contributed by atoms with Crippen molar-refractivity contribution in [1.29, 1.82) is 0 Å². The number of sulfone groups is 1. The van der Waals surface area contributed by atoms with Crippen LogP contribution in [0, 0.1) is 5.82 Å². The van der Waals surface area contributed by atoms with Gasteiger partial charge in [-0.15, -0.1) is 0 Å². The molecule has 0 aliphatic carbocycles. The molecule has 0 aliphatic heterocycles. The molecule has 0 saturated heterocycles. The lowest BCUT2D eigenvalue weighted by atomic mass is 9.79. The Morgan fingerprint density at radius 3 is 2.40 bits per heavy atom. The second kappa shape index (κ2) is 6.11. The summed E-state index contributed by atoms with van der Waals surface area (Å²) in [4.78, 5) is 0. The van der Waals surface area contributed by atoms with Gasteiger partial charge in [0.1, 0.15) is 18.2 Å². The Bertz CT molecular complexity index is 566. The van der Waals surface area contributed by atoms with Crippen molar-refractivity contribution in [3.05, 3.63) is 24.0 Å². The van der Waals surface area contributed by atoms with Crippen molar-refractivity contribution >= 4 is 22.4 Å². The van der Waals surface area contributed by atoms with Gasteiger partial charge in [-0.3, -0.25) is 0 Å². The first-order valence-electron chi connectivity index (χ1n) is 6.05. The van der Waals surface area contributed by atoms with Gasteiger partial charge in [0.25, 0.3) is 0 Å². The summed E-state index contributed by atoms with van der Waals surface area (Å²) in [6, 6.07) is 3.22. The number of hydrogen-bond acceptors (Lipinski definition) is 5. The molecule has 0 amide bonds. The average molecular weight is 304 g/mol. The molecule has 112 valence electrons. The van der Waals surface area contributed by atoms with E-state index in [-0.39, 0.29) is 23.6 Å². The minimum atomic E-state index is -3.35. The minimum absolute atomic E-state index is 0.0143. The number of benzene rings is 1. The summed E-state index contributed by atoms with van der Waals surface area (Å²) in [7, 11) is -5.17. The predicted octanol–water partition coefficient (Wildman–Crippen LogP) is 0.0976. The second-order valence-corrected chi connectivity index (χ2v) is 8.20. The fraction of sp³-hybridized carbons (Fsp3) is 0.500. The van der Waals surface area contributed by atoms with Crippen LogP contribution in [0.4, 0.5) is 4.39 Å². The van der Waals surface area contributed by atoms with Crippen LogP contribution >= 0.6 is 0 Å². The Morgan fingerprint density at radius 1 is 1.30 bits per heavy atom. The molecule has 0 fully saturated rings. The van der Waals surface area contributed by atoms with Gasteiger partial charge in [-0.1, -0.05) is 6.07 Å². The molecule has 0 saturated carbocycles. The van der Waals surface area contributed by atoms with Crippen LogP contribution in [0.2, 0.25) is 0 Å². The highest BCUT2D eigenvalue weighted by Crippen LogP contribution is 2.16. The van der Waals surface area contributed by atoms with E-state index in [1.807, 2.05) is 0 Å². The second-order valence-electron chi connectivity index (χ2n) is 5.34. The van der Waals surface area contributed by atoms with Crippen molar-refractivity contribution in [2.75, 3.05) is 12.4 Å². The van der Waals surface area contributed by atoms with Crippen molar-refractivity contribution in [1.82, 2.24) is 0 Å². The normalized spacial score (nSPS) is 12.3. The number of halogens is 1. The first-order valence-corrected chi connectivity index (χ1v) is 7.70. The summed E-state index contributed by atoms with van der Waals surface area (Å²) >= 11 is 0. The summed E-state index contributed by atoms with van der Waals surface area (Å²) in [6.45, 7) is 4.54. The summed E-state index contributed by atoms with van der Waals surface area (Å²) in [5.41, 5.74) is -0.0143. The maximum atomic E-state index is 13.1. The molecule has 0 aliphatic rings. The van der Waals surface area contributed by atoms with Crippen LogP contribution in [0.1, 0.15) is 20.8 Å². The molecule has 20 heavy (non-hydrogen) atoms. The molecule has 2 N–H and O–H groups in total. The molecule has 0 unspecified atom stereocenters. The largest absolute Gasteiger partial charge is 0.493 e. The van der Waals surface area contributed by atoms with Gasteiger partial charge in [0.2, 0.25) is 0 Å². The van der Waals surface area contributed by atoms with Gasteiger partial charge in [0.15, 0.2) is 9.84 Å². The van der Waals surface area contributed by atoms with E-state index in [1.54, 1.807) is 20.8 Å². The molecule has 5 nitrogen and oxygen atoms in total. The molecule has 0 spiro atoms. The highest BCUT2D eigenvalue weighted by Gasteiger charge is 2.29. The first-order chi connectivity index (χ1) is 9.04. The predicted molar refractivity (Wildman–Crippen MR) is 75.3 cm³/mol. The van der Waals surface area contributed by atoms with Crippen molar-refractivity contribution in [2.45, 2.75) is 25.5 Å². The van der Waals surface area contributed by atoms with E-state index in [1.165, 1.54) is 6.07 Å². The lowest BCUT2D eigenvalue weighted by molar-refractivity contribution is 0.337. The molecule has 1 aromatic carbocycles. The maximum absolute atomic E-state index is 13.1. The Hall–Kier alpha value is -1.12. The third-order valence-corrected chi connectivity index (χ3v) is 5.37. The monoisotopic (exact) mass is 304 g/mol.